The molecule has 8 nitrogen and oxygen atoms in total. The van der Waals surface area contributed by atoms with Crippen molar-refractivity contribution in [2.24, 2.45) is 0 Å². The second-order valence-corrected chi connectivity index (χ2v) is 6.81. The Hall–Kier alpha value is -4.09. The van der Waals surface area contributed by atoms with Gasteiger partial charge >= 0.3 is 5.97 Å². The molecule has 0 atom stereocenters. The molecule has 0 aliphatic carbocycles. The molecular formula is C23H20ClN3O5. The molecule has 2 aromatic rings. The first kappa shape index (κ1) is 24.2. The minimum Gasteiger partial charge on any atom is -0.504 e. The van der Waals surface area contributed by atoms with Crippen LogP contribution in [0.2, 0.25) is 5.02 Å². The largest absolute Gasteiger partial charge is 0.504 e. The van der Waals surface area contributed by atoms with Crippen molar-refractivity contribution in [3.63, 3.8) is 0 Å². The maximum Gasteiger partial charge on any atom is 0.352 e. The van der Waals surface area contributed by atoms with Gasteiger partial charge in [-0.25, -0.2) is 4.79 Å². The van der Waals surface area contributed by atoms with Gasteiger partial charge in [0, 0.05) is 23.2 Å². The molecule has 9 heteroatoms. The molecule has 2 amide bonds. The van der Waals surface area contributed by atoms with E-state index < -0.39 is 23.2 Å². The van der Waals surface area contributed by atoms with E-state index in [1.165, 1.54) is 37.3 Å². The van der Waals surface area contributed by atoms with E-state index in [0.717, 1.165) is 0 Å². The molecule has 32 heavy (non-hydrogen) atoms. The highest BCUT2D eigenvalue weighted by Gasteiger charge is 2.21. The van der Waals surface area contributed by atoms with Crippen LogP contribution in [0.5, 0.6) is 0 Å². The number of hydrogen-bond acceptors (Lipinski definition) is 6. The second kappa shape index (κ2) is 11.3. The van der Waals surface area contributed by atoms with E-state index in [4.69, 9.17) is 16.3 Å². The molecular weight excluding hydrogens is 434 g/mol. The standard InChI is InChI=1S/C23H20ClN3O5/c1-3-32-23(31)19(13-25)21(29)20(12-15-4-8-17(24)9-5-15)27-22(30)16-6-10-18(11-7-16)26-14(2)28/h4-12,29H,3H2,1-2H3,(H,26,28)(H,27,30)/b20-12?,21-19-. The number of carbonyl (C=O) groups excluding carboxylic acids is 3. The molecule has 0 heterocycles. The highest BCUT2D eigenvalue weighted by Crippen LogP contribution is 2.18. The molecule has 164 valence electrons. The SMILES string of the molecule is CCOC(=O)/C(C#N)=C(\O)C(=Cc1ccc(Cl)cc1)NC(=O)c1ccc(NC(C)=O)cc1. The van der Waals surface area contributed by atoms with Crippen LogP contribution in [0.15, 0.2) is 65.6 Å². The van der Waals surface area contributed by atoms with Gasteiger partial charge in [-0.05, 0) is 55.0 Å². The van der Waals surface area contributed by atoms with Gasteiger partial charge in [-0.1, -0.05) is 23.7 Å². The van der Waals surface area contributed by atoms with E-state index in [9.17, 15) is 24.8 Å². The predicted octanol–water partition coefficient (Wildman–Crippen LogP) is 3.97. The van der Waals surface area contributed by atoms with Gasteiger partial charge < -0.3 is 20.5 Å². The number of hydrogen-bond donors (Lipinski definition) is 3. The number of halogens is 1. The third-order valence-corrected chi connectivity index (χ3v) is 4.23. The van der Waals surface area contributed by atoms with Crippen LogP contribution in [0.25, 0.3) is 6.08 Å². The monoisotopic (exact) mass is 453 g/mol. The van der Waals surface area contributed by atoms with Crippen molar-refractivity contribution in [1.82, 2.24) is 5.32 Å². The molecule has 3 N–H and O–H groups in total. The molecule has 0 spiro atoms. The molecule has 0 aliphatic rings. The van der Waals surface area contributed by atoms with E-state index in [0.29, 0.717) is 16.3 Å². The van der Waals surface area contributed by atoms with E-state index >= 15 is 0 Å². The van der Waals surface area contributed by atoms with Crippen molar-refractivity contribution in [3.8, 4) is 6.07 Å². The topological polar surface area (TPSA) is 129 Å². The average Bonchev–Trinajstić information content (AvgIpc) is 2.75. The van der Waals surface area contributed by atoms with Crippen molar-refractivity contribution in [3.05, 3.63) is 81.7 Å². The Kier molecular flexibility index (Phi) is 8.57. The first-order chi connectivity index (χ1) is 15.2. The van der Waals surface area contributed by atoms with Gasteiger partial charge in [-0.3, -0.25) is 9.59 Å². The Labute approximate surface area is 189 Å². The van der Waals surface area contributed by atoms with E-state index in [1.54, 1.807) is 37.3 Å². The van der Waals surface area contributed by atoms with Gasteiger partial charge in [0.15, 0.2) is 11.3 Å². The number of benzene rings is 2. The number of aliphatic hydroxyl groups is 1. The number of carbonyl (C=O) groups is 3. The van der Waals surface area contributed by atoms with Crippen LogP contribution in [0.4, 0.5) is 5.69 Å². The third kappa shape index (κ3) is 6.72. The molecule has 0 fully saturated rings. The fourth-order valence-corrected chi connectivity index (χ4v) is 2.65. The van der Waals surface area contributed by atoms with Gasteiger partial charge in [0.25, 0.3) is 5.91 Å². The number of nitrogens with one attached hydrogen (secondary N) is 2. The normalized spacial score (nSPS) is 11.6. The van der Waals surface area contributed by atoms with E-state index in [1.807, 2.05) is 0 Å². The maximum absolute atomic E-state index is 12.8. The number of nitrogens with zero attached hydrogens (tertiary/aromatic N) is 1. The number of esters is 1. The minimum atomic E-state index is -1.02. The first-order valence-electron chi connectivity index (χ1n) is 9.42. The van der Waals surface area contributed by atoms with Crippen molar-refractivity contribution < 1.29 is 24.2 Å². The van der Waals surface area contributed by atoms with Crippen molar-refractivity contribution in [2.75, 3.05) is 11.9 Å². The Morgan fingerprint density at radius 3 is 2.28 bits per heavy atom. The number of nitriles is 1. The number of aliphatic hydroxyl groups excluding tert-OH is 1. The summed E-state index contributed by atoms with van der Waals surface area (Å²) in [6.07, 6.45) is 1.38. The summed E-state index contributed by atoms with van der Waals surface area (Å²) in [5, 5.41) is 25.5. The van der Waals surface area contributed by atoms with E-state index in [-0.39, 0.29) is 23.8 Å². The molecule has 2 aromatic carbocycles. The number of rotatable bonds is 7. The summed E-state index contributed by atoms with van der Waals surface area (Å²) >= 11 is 5.89. The number of ether oxygens (including phenoxy) is 1. The Morgan fingerprint density at radius 2 is 1.75 bits per heavy atom. The maximum atomic E-state index is 12.8. The summed E-state index contributed by atoms with van der Waals surface area (Å²) in [6.45, 7) is 2.92. The predicted molar refractivity (Wildman–Crippen MR) is 120 cm³/mol. The molecule has 0 bridgehead atoms. The summed E-state index contributed by atoms with van der Waals surface area (Å²) < 4.78 is 4.80. The van der Waals surface area contributed by atoms with Crippen molar-refractivity contribution >= 4 is 41.1 Å². The zero-order valence-corrected chi connectivity index (χ0v) is 18.1. The highest BCUT2D eigenvalue weighted by molar-refractivity contribution is 6.30. The molecule has 0 unspecified atom stereocenters. The lowest BCUT2D eigenvalue weighted by Crippen LogP contribution is -2.25. The van der Waals surface area contributed by atoms with Crippen LogP contribution in [-0.4, -0.2) is 29.5 Å². The van der Waals surface area contributed by atoms with Gasteiger partial charge in [0.1, 0.15) is 6.07 Å². The average molecular weight is 454 g/mol. The number of amides is 2. The van der Waals surface area contributed by atoms with Gasteiger partial charge in [-0.15, -0.1) is 0 Å². The van der Waals surface area contributed by atoms with E-state index in [2.05, 4.69) is 10.6 Å². The molecule has 0 aliphatic heterocycles. The Bertz CT molecular complexity index is 1110. The van der Waals surface area contributed by atoms with Gasteiger partial charge in [0.05, 0.1) is 12.3 Å². The van der Waals surface area contributed by atoms with Crippen LogP contribution in [0, 0.1) is 11.3 Å². The van der Waals surface area contributed by atoms with Crippen LogP contribution >= 0.6 is 11.6 Å². The Morgan fingerprint density at radius 1 is 1.12 bits per heavy atom. The molecule has 2 rings (SSSR count). The fourth-order valence-electron chi connectivity index (χ4n) is 2.53. The molecule has 0 aromatic heterocycles. The summed E-state index contributed by atoms with van der Waals surface area (Å²) in [6, 6.07) is 14.1. The zero-order valence-electron chi connectivity index (χ0n) is 17.3. The van der Waals surface area contributed by atoms with Crippen LogP contribution in [0.3, 0.4) is 0 Å². The lowest BCUT2D eigenvalue weighted by Gasteiger charge is -2.12. The summed E-state index contributed by atoms with van der Waals surface area (Å²) in [7, 11) is 0. The summed E-state index contributed by atoms with van der Waals surface area (Å²) in [5.41, 5.74) is 0.408. The summed E-state index contributed by atoms with van der Waals surface area (Å²) in [5.74, 6) is -2.65. The van der Waals surface area contributed by atoms with Crippen LogP contribution < -0.4 is 10.6 Å². The first-order valence-corrected chi connectivity index (χ1v) is 9.80. The van der Waals surface area contributed by atoms with Crippen LogP contribution in [-0.2, 0) is 14.3 Å². The lowest BCUT2D eigenvalue weighted by molar-refractivity contribution is -0.138. The number of anilines is 1. The third-order valence-electron chi connectivity index (χ3n) is 3.98. The molecule has 0 saturated heterocycles. The molecule has 0 radical (unpaired) electrons. The zero-order chi connectivity index (χ0) is 23.7. The fraction of sp³-hybridized carbons (Fsp3) is 0.130. The second-order valence-electron chi connectivity index (χ2n) is 6.38. The quantitative estimate of drug-likeness (QED) is 0.191. The van der Waals surface area contributed by atoms with Crippen LogP contribution in [0.1, 0.15) is 29.8 Å². The lowest BCUT2D eigenvalue weighted by atomic mass is 10.1. The molecule has 0 saturated carbocycles. The summed E-state index contributed by atoms with van der Waals surface area (Å²) in [4.78, 5) is 35.9. The highest BCUT2D eigenvalue weighted by atomic mass is 35.5. The van der Waals surface area contributed by atoms with Gasteiger partial charge in [-0.2, -0.15) is 5.26 Å². The van der Waals surface area contributed by atoms with Crippen molar-refractivity contribution in [2.45, 2.75) is 13.8 Å². The minimum absolute atomic E-state index is 0.000527. The van der Waals surface area contributed by atoms with Crippen molar-refractivity contribution in [1.29, 1.82) is 5.26 Å². The Balaban J connectivity index is 2.43. The smallest absolute Gasteiger partial charge is 0.352 e. The van der Waals surface area contributed by atoms with Gasteiger partial charge in [0.2, 0.25) is 5.91 Å².